The van der Waals surface area contributed by atoms with Gasteiger partial charge in [-0.2, -0.15) is 0 Å². The topological polar surface area (TPSA) is 87.7 Å². The minimum absolute atomic E-state index is 0.0476. The number of rotatable bonds is 8. The van der Waals surface area contributed by atoms with Crippen molar-refractivity contribution >= 4 is 27.4 Å². The van der Waals surface area contributed by atoms with Crippen LogP contribution in [0.4, 0.5) is 25.0 Å². The summed E-state index contributed by atoms with van der Waals surface area (Å²) in [6.07, 6.45) is 0. The molecule has 3 rings (SSSR count). The number of ether oxygens (including phenoxy) is 1. The van der Waals surface area contributed by atoms with Gasteiger partial charge in [-0.15, -0.1) is 0 Å². The van der Waals surface area contributed by atoms with Crippen LogP contribution in [0.1, 0.15) is 0 Å². The Bertz CT molecular complexity index is 1150. The van der Waals surface area contributed by atoms with Crippen LogP contribution in [0.5, 0.6) is 5.75 Å². The fraction of sp³-hybridized carbons (Fsp3) is 0.136. The Kier molecular flexibility index (Phi) is 7.39. The van der Waals surface area contributed by atoms with E-state index in [-0.39, 0.29) is 18.0 Å². The van der Waals surface area contributed by atoms with Crippen molar-refractivity contribution in [2.24, 2.45) is 0 Å². The smallest absolute Gasteiger partial charge is 0.326 e. The first-order valence-electron chi connectivity index (χ1n) is 9.52. The molecule has 0 spiro atoms. The van der Waals surface area contributed by atoms with E-state index in [0.717, 1.165) is 24.3 Å². The first-order chi connectivity index (χ1) is 15.3. The number of urea groups is 1. The molecule has 3 aromatic carbocycles. The SMILES string of the molecule is COc1ccc(NC(=O)N(CCNS(=O)(=O)c2ccc(F)cc2)c2ccc(F)cc2)cc1. The summed E-state index contributed by atoms with van der Waals surface area (Å²) in [5.41, 5.74) is 0.869. The average molecular weight is 461 g/mol. The van der Waals surface area contributed by atoms with Gasteiger partial charge < -0.3 is 10.1 Å². The van der Waals surface area contributed by atoms with Crippen LogP contribution in [0.2, 0.25) is 0 Å². The second-order valence-electron chi connectivity index (χ2n) is 6.64. The third-order valence-corrected chi connectivity index (χ3v) is 5.95. The summed E-state index contributed by atoms with van der Waals surface area (Å²) >= 11 is 0. The van der Waals surface area contributed by atoms with E-state index < -0.39 is 27.7 Å². The van der Waals surface area contributed by atoms with Crippen LogP contribution in [-0.2, 0) is 10.0 Å². The minimum Gasteiger partial charge on any atom is -0.497 e. The van der Waals surface area contributed by atoms with E-state index in [0.29, 0.717) is 17.1 Å². The number of nitrogens with one attached hydrogen (secondary N) is 2. The fourth-order valence-corrected chi connectivity index (χ4v) is 3.84. The van der Waals surface area contributed by atoms with E-state index >= 15 is 0 Å². The first kappa shape index (κ1) is 23.2. The van der Waals surface area contributed by atoms with Gasteiger partial charge in [-0.05, 0) is 72.8 Å². The zero-order valence-corrected chi connectivity index (χ0v) is 17.9. The lowest BCUT2D eigenvalue weighted by Gasteiger charge is -2.23. The van der Waals surface area contributed by atoms with Gasteiger partial charge in [0, 0.05) is 24.5 Å². The molecule has 7 nitrogen and oxygen atoms in total. The van der Waals surface area contributed by atoms with Crippen LogP contribution in [-0.4, -0.2) is 34.6 Å². The van der Waals surface area contributed by atoms with Gasteiger partial charge in [0.05, 0.1) is 12.0 Å². The van der Waals surface area contributed by atoms with Crippen molar-refractivity contribution in [3.8, 4) is 5.75 Å². The van der Waals surface area contributed by atoms with Gasteiger partial charge in [0.1, 0.15) is 17.4 Å². The maximum absolute atomic E-state index is 13.3. The molecule has 0 bridgehead atoms. The van der Waals surface area contributed by atoms with Gasteiger partial charge in [0.25, 0.3) is 0 Å². The molecule has 2 N–H and O–H groups in total. The van der Waals surface area contributed by atoms with Gasteiger partial charge in [-0.25, -0.2) is 26.7 Å². The third kappa shape index (κ3) is 6.02. The van der Waals surface area contributed by atoms with Crippen molar-refractivity contribution in [2.45, 2.75) is 4.90 Å². The molecular formula is C22H21F2N3O4S. The van der Waals surface area contributed by atoms with Crippen LogP contribution in [0.25, 0.3) is 0 Å². The molecule has 0 aliphatic heterocycles. The van der Waals surface area contributed by atoms with Crippen molar-refractivity contribution in [1.82, 2.24) is 4.72 Å². The van der Waals surface area contributed by atoms with Crippen molar-refractivity contribution in [2.75, 3.05) is 30.4 Å². The van der Waals surface area contributed by atoms with Crippen LogP contribution >= 0.6 is 0 Å². The van der Waals surface area contributed by atoms with Crippen LogP contribution in [0.3, 0.4) is 0 Å². The number of nitrogens with zero attached hydrogens (tertiary/aromatic N) is 1. The van der Waals surface area contributed by atoms with Crippen LogP contribution < -0.4 is 19.7 Å². The predicted molar refractivity (Wildman–Crippen MR) is 117 cm³/mol. The van der Waals surface area contributed by atoms with Gasteiger partial charge in [-0.3, -0.25) is 4.90 Å². The Labute approximate surface area is 184 Å². The van der Waals surface area contributed by atoms with E-state index in [4.69, 9.17) is 4.74 Å². The highest BCUT2D eigenvalue weighted by Crippen LogP contribution is 2.19. The zero-order chi connectivity index (χ0) is 23.1. The minimum atomic E-state index is -3.90. The molecule has 0 heterocycles. The van der Waals surface area contributed by atoms with Crippen LogP contribution in [0, 0.1) is 11.6 Å². The zero-order valence-electron chi connectivity index (χ0n) is 17.1. The largest absolute Gasteiger partial charge is 0.497 e. The highest BCUT2D eigenvalue weighted by Gasteiger charge is 2.19. The van der Waals surface area contributed by atoms with Gasteiger partial charge in [0.2, 0.25) is 10.0 Å². The predicted octanol–water partition coefficient (Wildman–Crippen LogP) is 3.99. The summed E-state index contributed by atoms with van der Waals surface area (Å²) < 4.78 is 58.7. The molecule has 2 amide bonds. The number of hydrogen-bond donors (Lipinski definition) is 2. The molecular weight excluding hydrogens is 440 g/mol. The number of sulfonamides is 1. The van der Waals surface area contributed by atoms with Crippen molar-refractivity contribution in [1.29, 1.82) is 0 Å². The van der Waals surface area contributed by atoms with Crippen molar-refractivity contribution < 1.29 is 26.7 Å². The van der Waals surface area contributed by atoms with Gasteiger partial charge in [0.15, 0.2) is 0 Å². The molecule has 10 heteroatoms. The Morgan fingerprint density at radius 1 is 0.906 bits per heavy atom. The normalized spacial score (nSPS) is 11.1. The summed E-state index contributed by atoms with van der Waals surface area (Å²) in [5.74, 6) is -0.406. The number of methoxy groups -OCH3 is 1. The molecule has 0 saturated heterocycles. The van der Waals surface area contributed by atoms with E-state index in [2.05, 4.69) is 10.0 Å². The Morgan fingerprint density at radius 2 is 1.47 bits per heavy atom. The molecule has 0 radical (unpaired) electrons. The lowest BCUT2D eigenvalue weighted by atomic mass is 10.2. The Morgan fingerprint density at radius 3 is 2.03 bits per heavy atom. The standard InChI is InChI=1S/C22H21F2N3O4S/c1-31-20-10-6-18(7-11-20)26-22(28)27(19-8-2-16(23)3-9-19)15-14-25-32(29,30)21-12-4-17(24)5-13-21/h2-13,25H,14-15H2,1H3,(H,26,28). The van der Waals surface area contributed by atoms with Gasteiger partial charge >= 0.3 is 6.03 Å². The molecule has 168 valence electrons. The van der Waals surface area contributed by atoms with Crippen LogP contribution in [0.15, 0.2) is 77.7 Å². The molecule has 0 atom stereocenters. The van der Waals surface area contributed by atoms with E-state index in [1.165, 1.54) is 36.3 Å². The molecule has 0 aliphatic rings. The number of benzene rings is 3. The van der Waals surface area contributed by atoms with E-state index in [1.54, 1.807) is 24.3 Å². The second-order valence-corrected chi connectivity index (χ2v) is 8.41. The van der Waals surface area contributed by atoms with Gasteiger partial charge in [-0.1, -0.05) is 0 Å². The second kappa shape index (κ2) is 10.2. The molecule has 32 heavy (non-hydrogen) atoms. The summed E-state index contributed by atoms with van der Waals surface area (Å²) in [5, 5.41) is 2.71. The highest BCUT2D eigenvalue weighted by atomic mass is 32.2. The molecule has 0 saturated carbocycles. The number of hydrogen-bond acceptors (Lipinski definition) is 4. The Balaban J connectivity index is 1.73. The Hall–Kier alpha value is -3.50. The third-order valence-electron chi connectivity index (χ3n) is 4.48. The molecule has 0 aliphatic carbocycles. The maximum atomic E-state index is 13.3. The van der Waals surface area contributed by atoms with E-state index in [1.807, 2.05) is 0 Å². The average Bonchev–Trinajstić information content (AvgIpc) is 2.78. The summed E-state index contributed by atoms with van der Waals surface area (Å²) in [6, 6.07) is 15.7. The number of anilines is 2. The fourth-order valence-electron chi connectivity index (χ4n) is 2.82. The highest BCUT2D eigenvalue weighted by molar-refractivity contribution is 7.89. The monoisotopic (exact) mass is 461 g/mol. The number of halogens is 2. The lowest BCUT2D eigenvalue weighted by Crippen LogP contribution is -2.41. The van der Waals surface area contributed by atoms with Crippen molar-refractivity contribution in [3.63, 3.8) is 0 Å². The molecule has 3 aromatic rings. The quantitative estimate of drug-likeness (QED) is 0.531. The lowest BCUT2D eigenvalue weighted by molar-refractivity contribution is 0.257. The first-order valence-corrected chi connectivity index (χ1v) is 11.0. The maximum Gasteiger partial charge on any atom is 0.326 e. The summed E-state index contributed by atoms with van der Waals surface area (Å²) in [4.78, 5) is 14.1. The molecule has 0 fully saturated rings. The summed E-state index contributed by atoms with van der Waals surface area (Å²) in [6.45, 7) is -0.179. The molecule has 0 aromatic heterocycles. The number of carbonyl (C=O) groups excluding carboxylic acids is 1. The van der Waals surface area contributed by atoms with E-state index in [9.17, 15) is 22.0 Å². The number of carbonyl (C=O) groups is 1. The van der Waals surface area contributed by atoms with Crippen molar-refractivity contribution in [3.05, 3.63) is 84.4 Å². The molecule has 0 unspecified atom stereocenters. The number of amides is 2. The summed E-state index contributed by atoms with van der Waals surface area (Å²) in [7, 11) is -2.38.